The number of hydrogen-bond acceptors (Lipinski definition) is 2. The molecule has 2 aromatic rings. The van der Waals surface area contributed by atoms with Gasteiger partial charge in [0, 0.05) is 22.2 Å². The van der Waals surface area contributed by atoms with Gasteiger partial charge in [0.15, 0.2) is 5.75 Å². The Balaban J connectivity index is 1.97. The highest BCUT2D eigenvalue weighted by Gasteiger charge is 2.04. The molecular formula is C13H14Cl2N2O. The van der Waals surface area contributed by atoms with Crippen LogP contribution in [0, 0.1) is 0 Å². The van der Waals surface area contributed by atoms with Crippen molar-refractivity contribution >= 4 is 23.2 Å². The van der Waals surface area contributed by atoms with Gasteiger partial charge in [-0.15, -0.1) is 0 Å². The topological polar surface area (TPSA) is 27.1 Å². The minimum absolute atomic E-state index is 0.411. The lowest BCUT2D eigenvalue weighted by Crippen LogP contribution is -1.97. The highest BCUT2D eigenvalue weighted by Crippen LogP contribution is 2.22. The third kappa shape index (κ3) is 3.40. The average molecular weight is 285 g/mol. The van der Waals surface area contributed by atoms with Gasteiger partial charge in [0.2, 0.25) is 0 Å². The molecule has 96 valence electrons. The number of ether oxygens (including phenoxy) is 1. The van der Waals surface area contributed by atoms with Crippen molar-refractivity contribution < 1.29 is 4.74 Å². The van der Waals surface area contributed by atoms with E-state index in [1.54, 1.807) is 18.3 Å². The Kier molecular flexibility index (Phi) is 4.50. The van der Waals surface area contributed by atoms with Crippen molar-refractivity contribution in [1.29, 1.82) is 0 Å². The van der Waals surface area contributed by atoms with E-state index in [0.29, 0.717) is 16.7 Å². The van der Waals surface area contributed by atoms with Gasteiger partial charge in [-0.1, -0.05) is 36.2 Å². The van der Waals surface area contributed by atoms with Crippen LogP contribution < -0.4 is 4.74 Å². The van der Waals surface area contributed by atoms with Gasteiger partial charge in [-0.3, -0.25) is 4.68 Å². The number of aromatic nitrogens is 2. The number of halogens is 2. The van der Waals surface area contributed by atoms with Crippen LogP contribution in [0.1, 0.15) is 18.9 Å². The third-order valence-corrected chi connectivity index (χ3v) is 3.06. The van der Waals surface area contributed by atoms with Crippen LogP contribution in [0.25, 0.3) is 0 Å². The van der Waals surface area contributed by atoms with Crippen molar-refractivity contribution in [1.82, 2.24) is 9.78 Å². The normalized spacial score (nSPS) is 10.6. The maximum atomic E-state index is 6.07. The lowest BCUT2D eigenvalue weighted by atomic mass is 10.2. The van der Waals surface area contributed by atoms with E-state index in [2.05, 4.69) is 12.0 Å². The molecule has 0 saturated carbocycles. The highest BCUT2D eigenvalue weighted by molar-refractivity contribution is 6.35. The summed E-state index contributed by atoms with van der Waals surface area (Å²) in [5.74, 6) is 0.745. The average Bonchev–Trinajstić information content (AvgIpc) is 2.76. The van der Waals surface area contributed by atoms with Gasteiger partial charge in [0.05, 0.1) is 12.4 Å². The summed E-state index contributed by atoms with van der Waals surface area (Å²) in [4.78, 5) is 0. The van der Waals surface area contributed by atoms with Crippen LogP contribution in [0.5, 0.6) is 5.75 Å². The van der Waals surface area contributed by atoms with Crippen molar-refractivity contribution in [2.45, 2.75) is 26.5 Å². The van der Waals surface area contributed by atoms with E-state index >= 15 is 0 Å². The van der Waals surface area contributed by atoms with Crippen LogP contribution in [0.2, 0.25) is 10.0 Å². The van der Waals surface area contributed by atoms with Gasteiger partial charge >= 0.3 is 0 Å². The molecule has 0 spiro atoms. The van der Waals surface area contributed by atoms with Crippen molar-refractivity contribution in [3.8, 4) is 5.75 Å². The molecule has 0 amide bonds. The molecule has 0 aliphatic carbocycles. The van der Waals surface area contributed by atoms with Gasteiger partial charge in [0.1, 0.15) is 6.61 Å². The molecule has 0 aliphatic rings. The third-order valence-electron chi connectivity index (χ3n) is 2.47. The van der Waals surface area contributed by atoms with Crippen LogP contribution in [0.15, 0.2) is 30.6 Å². The van der Waals surface area contributed by atoms with E-state index in [1.807, 2.05) is 16.9 Å². The van der Waals surface area contributed by atoms with Gasteiger partial charge in [-0.2, -0.15) is 5.10 Å². The Morgan fingerprint density at radius 3 is 2.89 bits per heavy atom. The maximum Gasteiger partial charge on any atom is 0.157 e. The molecule has 0 saturated heterocycles. The number of benzene rings is 1. The van der Waals surface area contributed by atoms with Crippen molar-refractivity contribution in [2.24, 2.45) is 0 Å². The molecule has 1 aromatic heterocycles. The lowest BCUT2D eigenvalue weighted by molar-refractivity contribution is 0.306. The van der Waals surface area contributed by atoms with E-state index in [4.69, 9.17) is 27.9 Å². The SMILES string of the molecule is CCCn1cc(OCc2ccc(Cl)cc2Cl)cn1. The first-order valence-electron chi connectivity index (χ1n) is 5.78. The Labute approximate surface area is 116 Å². The predicted octanol–water partition coefficient (Wildman–Crippen LogP) is 4.18. The Morgan fingerprint density at radius 2 is 2.17 bits per heavy atom. The smallest absolute Gasteiger partial charge is 0.157 e. The van der Waals surface area contributed by atoms with E-state index in [-0.39, 0.29) is 0 Å². The van der Waals surface area contributed by atoms with Crippen LogP contribution >= 0.6 is 23.2 Å². The molecule has 1 aromatic carbocycles. The number of nitrogens with zero attached hydrogens (tertiary/aromatic N) is 2. The second-order valence-corrected chi connectivity index (χ2v) is 4.81. The lowest BCUT2D eigenvalue weighted by Gasteiger charge is -2.05. The molecule has 0 unspecified atom stereocenters. The first kappa shape index (κ1) is 13.2. The zero-order valence-corrected chi connectivity index (χ0v) is 11.6. The van der Waals surface area contributed by atoms with Crippen LogP contribution in [0.3, 0.4) is 0 Å². The molecular weight excluding hydrogens is 271 g/mol. The molecule has 3 nitrogen and oxygen atoms in total. The standard InChI is InChI=1S/C13H14Cl2N2O/c1-2-5-17-8-12(7-16-17)18-9-10-3-4-11(14)6-13(10)15/h3-4,6-8H,2,5,9H2,1H3. The van der Waals surface area contributed by atoms with E-state index in [9.17, 15) is 0 Å². The van der Waals surface area contributed by atoms with Gasteiger partial charge in [-0.05, 0) is 18.6 Å². The number of hydrogen-bond donors (Lipinski definition) is 0. The summed E-state index contributed by atoms with van der Waals surface area (Å²) in [6.07, 6.45) is 4.64. The van der Waals surface area contributed by atoms with Gasteiger partial charge in [-0.25, -0.2) is 0 Å². The minimum atomic E-state index is 0.411. The molecule has 2 rings (SSSR count). The molecule has 0 fully saturated rings. The van der Waals surface area contributed by atoms with Gasteiger partial charge in [0.25, 0.3) is 0 Å². The zero-order chi connectivity index (χ0) is 13.0. The highest BCUT2D eigenvalue weighted by atomic mass is 35.5. The number of aryl methyl sites for hydroxylation is 1. The summed E-state index contributed by atoms with van der Waals surface area (Å²) in [6, 6.07) is 5.37. The fraction of sp³-hybridized carbons (Fsp3) is 0.308. The minimum Gasteiger partial charge on any atom is -0.486 e. The zero-order valence-electron chi connectivity index (χ0n) is 10.1. The van der Waals surface area contributed by atoms with Crippen molar-refractivity contribution in [2.75, 3.05) is 0 Å². The van der Waals surface area contributed by atoms with Crippen molar-refractivity contribution in [3.05, 3.63) is 46.2 Å². The first-order valence-corrected chi connectivity index (χ1v) is 6.54. The summed E-state index contributed by atoms with van der Waals surface area (Å²) >= 11 is 11.9. The molecule has 0 N–H and O–H groups in total. The van der Waals surface area contributed by atoms with Gasteiger partial charge < -0.3 is 4.74 Å². The Hall–Kier alpha value is -1.19. The van der Waals surface area contributed by atoms with E-state index in [0.717, 1.165) is 24.3 Å². The summed E-state index contributed by atoms with van der Waals surface area (Å²) in [7, 11) is 0. The summed E-state index contributed by atoms with van der Waals surface area (Å²) in [5.41, 5.74) is 0.907. The second-order valence-electron chi connectivity index (χ2n) is 3.96. The van der Waals surface area contributed by atoms with Crippen LogP contribution in [-0.4, -0.2) is 9.78 Å². The molecule has 0 aliphatic heterocycles. The second kappa shape index (κ2) is 6.12. The quantitative estimate of drug-likeness (QED) is 0.824. The van der Waals surface area contributed by atoms with Crippen LogP contribution in [0.4, 0.5) is 0 Å². The molecule has 0 bridgehead atoms. The Morgan fingerprint density at radius 1 is 1.33 bits per heavy atom. The molecule has 5 heteroatoms. The molecule has 0 radical (unpaired) electrons. The maximum absolute atomic E-state index is 6.07. The molecule has 0 atom stereocenters. The van der Waals surface area contributed by atoms with Crippen molar-refractivity contribution in [3.63, 3.8) is 0 Å². The summed E-state index contributed by atoms with van der Waals surface area (Å²) in [5, 5.41) is 5.43. The van der Waals surface area contributed by atoms with E-state index < -0.39 is 0 Å². The first-order chi connectivity index (χ1) is 8.69. The fourth-order valence-corrected chi connectivity index (χ4v) is 2.03. The fourth-order valence-electron chi connectivity index (χ4n) is 1.57. The summed E-state index contributed by atoms with van der Waals surface area (Å²) in [6.45, 7) is 3.41. The van der Waals surface area contributed by atoms with Crippen LogP contribution in [-0.2, 0) is 13.2 Å². The van der Waals surface area contributed by atoms with E-state index in [1.165, 1.54) is 0 Å². The Bertz CT molecular complexity index is 525. The largest absolute Gasteiger partial charge is 0.486 e. The summed E-state index contributed by atoms with van der Waals surface area (Å²) < 4.78 is 7.49. The predicted molar refractivity (Wildman–Crippen MR) is 73.3 cm³/mol. The number of rotatable bonds is 5. The monoisotopic (exact) mass is 284 g/mol. The molecule has 18 heavy (non-hydrogen) atoms. The molecule has 1 heterocycles.